The maximum absolute atomic E-state index is 4.42. The number of hydrogen-bond acceptors (Lipinski definition) is 3. The van der Waals surface area contributed by atoms with Gasteiger partial charge < -0.3 is 15.5 Å². The highest BCUT2D eigenvalue weighted by atomic mass is 127. The standard InChI is InChI=1S/C22H37N5.HI/c1-23-22(24-13-5-6-14-26-15-7-8-16-26)25-19-21(27-17-9-10-18-27)20-11-3-2-4-12-20;/h2-4,11-12,21H,5-10,13-19H2,1H3,(H2,23,24,25);1H. The second-order valence-electron chi connectivity index (χ2n) is 7.81. The number of rotatable bonds is 9. The molecule has 2 aliphatic heterocycles. The summed E-state index contributed by atoms with van der Waals surface area (Å²) in [6.45, 7) is 8.14. The first-order valence-electron chi connectivity index (χ1n) is 10.8. The Morgan fingerprint density at radius 2 is 1.64 bits per heavy atom. The van der Waals surface area contributed by atoms with Gasteiger partial charge in [-0.15, -0.1) is 24.0 Å². The Labute approximate surface area is 188 Å². The molecule has 0 spiro atoms. The SMILES string of the molecule is CN=C(NCCCCN1CCCC1)NCC(c1ccccc1)N1CCCC1.I. The molecule has 0 radical (unpaired) electrons. The molecule has 2 aliphatic rings. The second-order valence-corrected chi connectivity index (χ2v) is 7.81. The van der Waals surface area contributed by atoms with Crippen LogP contribution in [0, 0.1) is 0 Å². The van der Waals surface area contributed by atoms with E-state index in [9.17, 15) is 0 Å². The van der Waals surface area contributed by atoms with Crippen molar-refractivity contribution in [1.29, 1.82) is 0 Å². The van der Waals surface area contributed by atoms with Gasteiger partial charge >= 0.3 is 0 Å². The Morgan fingerprint density at radius 3 is 2.32 bits per heavy atom. The van der Waals surface area contributed by atoms with Crippen molar-refractivity contribution in [3.05, 3.63) is 35.9 Å². The van der Waals surface area contributed by atoms with Crippen molar-refractivity contribution < 1.29 is 0 Å². The van der Waals surface area contributed by atoms with Crippen molar-refractivity contribution in [3.63, 3.8) is 0 Å². The summed E-state index contributed by atoms with van der Waals surface area (Å²) >= 11 is 0. The molecule has 2 fully saturated rings. The minimum Gasteiger partial charge on any atom is -0.356 e. The van der Waals surface area contributed by atoms with Crippen LogP contribution >= 0.6 is 24.0 Å². The largest absolute Gasteiger partial charge is 0.356 e. The summed E-state index contributed by atoms with van der Waals surface area (Å²) in [5.41, 5.74) is 1.40. The number of nitrogens with one attached hydrogen (secondary N) is 2. The average molecular weight is 499 g/mol. The van der Waals surface area contributed by atoms with Gasteiger partial charge in [0.25, 0.3) is 0 Å². The summed E-state index contributed by atoms with van der Waals surface area (Å²) < 4.78 is 0. The third-order valence-electron chi connectivity index (χ3n) is 5.84. The third kappa shape index (κ3) is 7.52. The molecule has 158 valence electrons. The summed E-state index contributed by atoms with van der Waals surface area (Å²) in [6.07, 6.45) is 7.86. The van der Waals surface area contributed by atoms with Gasteiger partial charge in [0.1, 0.15) is 0 Å². The third-order valence-corrected chi connectivity index (χ3v) is 5.84. The normalized spacial score (nSPS) is 19.4. The highest BCUT2D eigenvalue weighted by molar-refractivity contribution is 14.0. The zero-order valence-electron chi connectivity index (χ0n) is 17.4. The highest BCUT2D eigenvalue weighted by Gasteiger charge is 2.23. The van der Waals surface area contributed by atoms with Crippen molar-refractivity contribution in [2.45, 2.75) is 44.6 Å². The van der Waals surface area contributed by atoms with Crippen LogP contribution in [0.1, 0.15) is 50.1 Å². The van der Waals surface area contributed by atoms with E-state index in [1.165, 1.54) is 76.8 Å². The minimum atomic E-state index is 0. The van der Waals surface area contributed by atoms with Gasteiger partial charge in [-0.3, -0.25) is 9.89 Å². The molecule has 1 unspecified atom stereocenters. The maximum Gasteiger partial charge on any atom is 0.191 e. The maximum atomic E-state index is 4.42. The lowest BCUT2D eigenvalue weighted by Gasteiger charge is -2.29. The number of nitrogens with zero attached hydrogens (tertiary/aromatic N) is 3. The van der Waals surface area contributed by atoms with Gasteiger partial charge in [0, 0.05) is 20.1 Å². The molecule has 0 aliphatic carbocycles. The first kappa shape index (κ1) is 23.4. The number of unbranched alkanes of at least 4 members (excludes halogenated alkanes) is 1. The molecule has 28 heavy (non-hydrogen) atoms. The van der Waals surface area contributed by atoms with Gasteiger partial charge in [0.05, 0.1) is 6.04 Å². The number of halogens is 1. The van der Waals surface area contributed by atoms with Gasteiger partial charge in [-0.05, 0) is 76.8 Å². The van der Waals surface area contributed by atoms with E-state index in [1.54, 1.807) is 0 Å². The zero-order valence-corrected chi connectivity index (χ0v) is 19.7. The second kappa shape index (κ2) is 13.4. The van der Waals surface area contributed by atoms with E-state index >= 15 is 0 Å². The molecule has 1 aromatic rings. The lowest BCUT2D eigenvalue weighted by Crippen LogP contribution is -2.43. The Kier molecular flexibility index (Phi) is 11.2. The van der Waals surface area contributed by atoms with Crippen LogP contribution in [0.25, 0.3) is 0 Å². The topological polar surface area (TPSA) is 42.9 Å². The predicted octanol–water partition coefficient (Wildman–Crippen LogP) is 3.48. The van der Waals surface area contributed by atoms with E-state index in [1.807, 2.05) is 7.05 Å². The molecule has 1 aromatic carbocycles. The van der Waals surface area contributed by atoms with E-state index in [0.29, 0.717) is 6.04 Å². The van der Waals surface area contributed by atoms with Crippen LogP contribution in [0.15, 0.2) is 35.3 Å². The number of guanidine groups is 1. The molecular weight excluding hydrogens is 461 g/mol. The summed E-state index contributed by atoms with van der Waals surface area (Å²) in [6, 6.07) is 11.3. The fourth-order valence-electron chi connectivity index (χ4n) is 4.27. The van der Waals surface area contributed by atoms with E-state index in [0.717, 1.165) is 19.0 Å². The van der Waals surface area contributed by atoms with E-state index in [2.05, 4.69) is 55.8 Å². The van der Waals surface area contributed by atoms with Crippen LogP contribution in [-0.4, -0.2) is 68.6 Å². The number of hydrogen-bond donors (Lipinski definition) is 2. The molecule has 0 aromatic heterocycles. The Morgan fingerprint density at radius 1 is 0.964 bits per heavy atom. The summed E-state index contributed by atoms with van der Waals surface area (Å²) in [7, 11) is 1.87. The van der Waals surface area contributed by atoms with Gasteiger partial charge in [-0.25, -0.2) is 0 Å². The first-order valence-corrected chi connectivity index (χ1v) is 10.8. The number of likely N-dealkylation sites (tertiary alicyclic amines) is 2. The fourth-order valence-corrected chi connectivity index (χ4v) is 4.27. The summed E-state index contributed by atoms with van der Waals surface area (Å²) in [4.78, 5) is 9.61. The van der Waals surface area contributed by atoms with E-state index in [4.69, 9.17) is 0 Å². The summed E-state index contributed by atoms with van der Waals surface area (Å²) in [5.74, 6) is 0.927. The molecular formula is C22H38IN5. The van der Waals surface area contributed by atoms with Crippen LogP contribution in [0.5, 0.6) is 0 Å². The van der Waals surface area contributed by atoms with Gasteiger partial charge in [-0.2, -0.15) is 0 Å². The lowest BCUT2D eigenvalue weighted by molar-refractivity contribution is 0.245. The van der Waals surface area contributed by atoms with Crippen LogP contribution in [0.3, 0.4) is 0 Å². The van der Waals surface area contributed by atoms with Crippen molar-refractivity contribution in [3.8, 4) is 0 Å². The van der Waals surface area contributed by atoms with Gasteiger partial charge in [0.2, 0.25) is 0 Å². The first-order chi connectivity index (χ1) is 13.4. The van der Waals surface area contributed by atoms with Crippen molar-refractivity contribution in [2.24, 2.45) is 4.99 Å². The van der Waals surface area contributed by atoms with Crippen molar-refractivity contribution >= 4 is 29.9 Å². The lowest BCUT2D eigenvalue weighted by atomic mass is 10.1. The predicted molar refractivity (Wildman–Crippen MR) is 130 cm³/mol. The van der Waals surface area contributed by atoms with E-state index in [-0.39, 0.29) is 24.0 Å². The van der Waals surface area contributed by atoms with Crippen molar-refractivity contribution in [2.75, 3.05) is 52.9 Å². The Bertz CT molecular complexity index is 553. The van der Waals surface area contributed by atoms with Gasteiger partial charge in [0.15, 0.2) is 5.96 Å². The molecule has 1 atom stereocenters. The zero-order chi connectivity index (χ0) is 18.7. The molecule has 3 rings (SSSR count). The van der Waals surface area contributed by atoms with E-state index < -0.39 is 0 Å². The smallest absolute Gasteiger partial charge is 0.191 e. The summed E-state index contributed by atoms with van der Waals surface area (Å²) in [5, 5.41) is 7.06. The Hall–Kier alpha value is -0.860. The molecule has 2 heterocycles. The van der Waals surface area contributed by atoms with Crippen molar-refractivity contribution in [1.82, 2.24) is 20.4 Å². The molecule has 5 nitrogen and oxygen atoms in total. The molecule has 2 N–H and O–H groups in total. The van der Waals surface area contributed by atoms with Crippen LogP contribution in [0.2, 0.25) is 0 Å². The van der Waals surface area contributed by atoms with Crippen LogP contribution in [-0.2, 0) is 0 Å². The molecule has 0 saturated carbocycles. The van der Waals surface area contributed by atoms with Crippen LogP contribution in [0.4, 0.5) is 0 Å². The highest BCUT2D eigenvalue weighted by Crippen LogP contribution is 2.24. The average Bonchev–Trinajstić information content (AvgIpc) is 3.41. The molecule has 6 heteroatoms. The fraction of sp³-hybridized carbons (Fsp3) is 0.682. The Balaban J connectivity index is 0.00000280. The molecule has 0 bridgehead atoms. The number of benzene rings is 1. The monoisotopic (exact) mass is 499 g/mol. The quantitative estimate of drug-likeness (QED) is 0.236. The van der Waals surface area contributed by atoms with Gasteiger partial charge in [-0.1, -0.05) is 30.3 Å². The molecule has 0 amide bonds. The van der Waals surface area contributed by atoms with Crippen LogP contribution < -0.4 is 10.6 Å². The molecule has 2 saturated heterocycles. The minimum absolute atomic E-state index is 0. The number of aliphatic imine (C=N–C) groups is 1.